The van der Waals surface area contributed by atoms with Crippen LogP contribution in [0, 0.1) is 6.92 Å². The van der Waals surface area contributed by atoms with E-state index in [1.165, 1.54) is 17.7 Å². The van der Waals surface area contributed by atoms with Crippen LogP contribution in [0.3, 0.4) is 0 Å². The molecule has 0 unspecified atom stereocenters. The summed E-state index contributed by atoms with van der Waals surface area (Å²) < 4.78 is 0.704. The van der Waals surface area contributed by atoms with E-state index in [4.69, 9.17) is 10.8 Å². The molecule has 8 heteroatoms. The molecule has 0 aliphatic carbocycles. The highest BCUT2D eigenvalue weighted by molar-refractivity contribution is 8.00. The number of amides is 1. The van der Waals surface area contributed by atoms with Gasteiger partial charge in [0.25, 0.3) is 5.91 Å². The van der Waals surface area contributed by atoms with Gasteiger partial charge in [-0.2, -0.15) is 0 Å². The number of hydrogen-bond donors (Lipinski definition) is 2. The van der Waals surface area contributed by atoms with Gasteiger partial charge in [0.2, 0.25) is 0 Å². The summed E-state index contributed by atoms with van der Waals surface area (Å²) in [5, 5.41) is 9.22. The largest absolute Gasteiger partial charge is 0.481 e. The summed E-state index contributed by atoms with van der Waals surface area (Å²) in [6, 6.07) is 0. The quantitative estimate of drug-likeness (QED) is 0.646. The Labute approximate surface area is 110 Å². The summed E-state index contributed by atoms with van der Waals surface area (Å²) in [4.78, 5) is 30.4. The molecule has 3 N–H and O–H groups in total. The van der Waals surface area contributed by atoms with Crippen molar-refractivity contribution in [3.8, 4) is 0 Å². The predicted molar refractivity (Wildman–Crippen MR) is 69.0 cm³/mol. The van der Waals surface area contributed by atoms with E-state index in [2.05, 4.69) is 9.97 Å². The summed E-state index contributed by atoms with van der Waals surface area (Å²) in [6.07, 6.45) is 1.36. The van der Waals surface area contributed by atoms with E-state index in [9.17, 15) is 9.59 Å². The van der Waals surface area contributed by atoms with Gasteiger partial charge in [-0.1, -0.05) is 11.8 Å². The Morgan fingerprint density at radius 3 is 2.83 bits per heavy atom. The van der Waals surface area contributed by atoms with Crippen molar-refractivity contribution in [2.24, 2.45) is 5.73 Å². The molecule has 94 valence electrons. The molecule has 0 saturated carbocycles. The summed E-state index contributed by atoms with van der Waals surface area (Å²) in [6.45, 7) is 1.76. The number of rotatable bonds is 4. The number of hydrogen-bond acceptors (Lipinski definition) is 6. The molecule has 0 fully saturated rings. The van der Waals surface area contributed by atoms with Crippen molar-refractivity contribution in [2.45, 2.75) is 11.9 Å². The molecule has 0 atom stereocenters. The van der Waals surface area contributed by atoms with Crippen molar-refractivity contribution < 1.29 is 14.7 Å². The van der Waals surface area contributed by atoms with Gasteiger partial charge in [0.1, 0.15) is 11.4 Å². The number of thiophene rings is 1. The van der Waals surface area contributed by atoms with Crippen LogP contribution in [0.2, 0.25) is 0 Å². The van der Waals surface area contributed by atoms with E-state index in [0.29, 0.717) is 25.7 Å². The summed E-state index contributed by atoms with van der Waals surface area (Å²) >= 11 is 2.30. The zero-order valence-electron chi connectivity index (χ0n) is 9.34. The number of nitrogens with zero attached hydrogens (tertiary/aromatic N) is 2. The molecule has 0 aromatic carbocycles. The summed E-state index contributed by atoms with van der Waals surface area (Å²) in [5.41, 5.74) is 6.63. The Bertz CT molecular complexity index is 639. The Morgan fingerprint density at radius 1 is 1.50 bits per heavy atom. The van der Waals surface area contributed by atoms with Crippen molar-refractivity contribution in [3.05, 3.63) is 16.8 Å². The van der Waals surface area contributed by atoms with Crippen LogP contribution in [0.5, 0.6) is 0 Å². The first-order valence-corrected chi connectivity index (χ1v) is 6.69. The fourth-order valence-corrected chi connectivity index (χ4v) is 3.38. The number of aryl methyl sites for hydroxylation is 1. The molecule has 2 heterocycles. The molecule has 0 aliphatic rings. The smallest absolute Gasteiger partial charge is 0.313 e. The lowest BCUT2D eigenvalue weighted by Crippen LogP contribution is -2.09. The maximum Gasteiger partial charge on any atom is 0.313 e. The second-order valence-electron chi connectivity index (χ2n) is 3.46. The monoisotopic (exact) mass is 283 g/mol. The molecule has 0 radical (unpaired) electrons. The SMILES string of the molecule is Cc1c(C(N)=O)sc2c(SCC(=O)O)ncnc12. The number of thioether (sulfide) groups is 1. The molecule has 2 rings (SSSR count). The topological polar surface area (TPSA) is 106 Å². The van der Waals surface area contributed by atoms with Crippen LogP contribution >= 0.6 is 23.1 Å². The maximum absolute atomic E-state index is 11.3. The lowest BCUT2D eigenvalue weighted by Gasteiger charge is -1.98. The van der Waals surface area contributed by atoms with Crippen molar-refractivity contribution in [1.82, 2.24) is 9.97 Å². The predicted octanol–water partition coefficient (Wildman–Crippen LogP) is 1.28. The molecule has 0 aliphatic heterocycles. The van der Waals surface area contributed by atoms with Crippen LogP contribution in [0.15, 0.2) is 11.4 Å². The molecule has 0 bridgehead atoms. The van der Waals surface area contributed by atoms with Gasteiger partial charge in [0, 0.05) is 0 Å². The zero-order chi connectivity index (χ0) is 13.3. The van der Waals surface area contributed by atoms with Crippen molar-refractivity contribution in [2.75, 3.05) is 5.75 Å². The number of fused-ring (bicyclic) bond motifs is 1. The number of nitrogens with two attached hydrogens (primary N) is 1. The third kappa shape index (κ3) is 2.29. The highest BCUT2D eigenvalue weighted by atomic mass is 32.2. The fourth-order valence-electron chi connectivity index (χ4n) is 1.47. The third-order valence-corrected chi connectivity index (χ3v) is 4.63. The van der Waals surface area contributed by atoms with Crippen LogP contribution in [-0.4, -0.2) is 32.7 Å². The number of carboxylic acid groups (broad SMARTS) is 1. The Balaban J connectivity index is 2.52. The lowest BCUT2D eigenvalue weighted by atomic mass is 10.2. The van der Waals surface area contributed by atoms with E-state index in [0.717, 1.165) is 11.8 Å². The summed E-state index contributed by atoms with van der Waals surface area (Å²) in [5.74, 6) is -1.52. The van der Waals surface area contributed by atoms with Gasteiger partial charge in [0.15, 0.2) is 0 Å². The van der Waals surface area contributed by atoms with E-state index in [1.54, 1.807) is 6.92 Å². The van der Waals surface area contributed by atoms with Crippen LogP contribution in [0.25, 0.3) is 10.2 Å². The van der Waals surface area contributed by atoms with Crippen molar-refractivity contribution in [1.29, 1.82) is 0 Å². The summed E-state index contributed by atoms with van der Waals surface area (Å²) in [7, 11) is 0. The standard InChI is InChI=1S/C10H9N3O3S2/c1-4-6-8(18-7(4)9(11)16)10(13-3-12-6)17-2-5(14)15/h3H,2H2,1H3,(H2,11,16)(H,14,15). The van der Waals surface area contributed by atoms with Gasteiger partial charge >= 0.3 is 5.97 Å². The van der Waals surface area contributed by atoms with Crippen molar-refractivity contribution >= 4 is 45.2 Å². The van der Waals surface area contributed by atoms with Crippen LogP contribution in [-0.2, 0) is 4.79 Å². The normalized spacial score (nSPS) is 10.7. The average molecular weight is 283 g/mol. The van der Waals surface area contributed by atoms with E-state index < -0.39 is 11.9 Å². The number of aliphatic carboxylic acids is 1. The average Bonchev–Trinajstić information content (AvgIpc) is 2.65. The molecule has 2 aromatic rings. The first kappa shape index (κ1) is 12.8. The third-order valence-electron chi connectivity index (χ3n) is 2.23. The molecular formula is C10H9N3O3S2. The number of carbonyl (C=O) groups excluding carboxylic acids is 1. The molecule has 0 spiro atoms. The Hall–Kier alpha value is -1.67. The van der Waals surface area contributed by atoms with Gasteiger partial charge in [-0.05, 0) is 12.5 Å². The zero-order valence-corrected chi connectivity index (χ0v) is 11.0. The first-order chi connectivity index (χ1) is 8.50. The van der Waals surface area contributed by atoms with Crippen molar-refractivity contribution in [3.63, 3.8) is 0 Å². The van der Waals surface area contributed by atoms with E-state index in [-0.39, 0.29) is 5.75 Å². The van der Waals surface area contributed by atoms with Gasteiger partial charge < -0.3 is 10.8 Å². The van der Waals surface area contributed by atoms with Crippen LogP contribution in [0.4, 0.5) is 0 Å². The molecule has 18 heavy (non-hydrogen) atoms. The molecule has 6 nitrogen and oxygen atoms in total. The van der Waals surface area contributed by atoms with Crippen LogP contribution < -0.4 is 5.73 Å². The van der Waals surface area contributed by atoms with E-state index >= 15 is 0 Å². The number of aromatic nitrogens is 2. The van der Waals surface area contributed by atoms with E-state index in [1.807, 2.05) is 0 Å². The van der Waals surface area contributed by atoms with Gasteiger partial charge in [-0.15, -0.1) is 11.3 Å². The number of primary amides is 1. The highest BCUT2D eigenvalue weighted by Gasteiger charge is 2.17. The lowest BCUT2D eigenvalue weighted by molar-refractivity contribution is -0.133. The number of carbonyl (C=O) groups is 2. The maximum atomic E-state index is 11.3. The van der Waals surface area contributed by atoms with Gasteiger partial charge in [-0.25, -0.2) is 9.97 Å². The second kappa shape index (κ2) is 4.91. The molecular weight excluding hydrogens is 274 g/mol. The van der Waals surface area contributed by atoms with Gasteiger partial charge in [-0.3, -0.25) is 9.59 Å². The Morgan fingerprint density at radius 2 is 2.22 bits per heavy atom. The second-order valence-corrected chi connectivity index (χ2v) is 5.44. The molecule has 1 amide bonds. The minimum atomic E-state index is -0.921. The minimum Gasteiger partial charge on any atom is -0.481 e. The number of carboxylic acids is 1. The minimum absolute atomic E-state index is 0.0883. The molecule has 2 aromatic heterocycles. The Kier molecular flexibility index (Phi) is 3.48. The van der Waals surface area contributed by atoms with Crippen LogP contribution in [0.1, 0.15) is 15.2 Å². The first-order valence-electron chi connectivity index (χ1n) is 4.89. The van der Waals surface area contributed by atoms with Gasteiger partial charge in [0.05, 0.1) is 20.8 Å². The molecule has 0 saturated heterocycles. The highest BCUT2D eigenvalue weighted by Crippen LogP contribution is 2.34. The fraction of sp³-hybridized carbons (Fsp3) is 0.200.